The highest BCUT2D eigenvalue weighted by molar-refractivity contribution is 5.29. The van der Waals surface area contributed by atoms with Gasteiger partial charge >= 0.3 is 6.36 Å². The van der Waals surface area contributed by atoms with Gasteiger partial charge in [-0.15, -0.1) is 19.8 Å². The van der Waals surface area contributed by atoms with E-state index >= 15 is 0 Å². The monoisotopic (exact) mass is 422 g/mol. The minimum Gasteiger partial charge on any atom is -0.406 e. The van der Waals surface area contributed by atoms with E-state index in [0.29, 0.717) is 5.92 Å². The molecule has 0 amide bonds. The number of hydrogen-bond acceptors (Lipinski definition) is 1. The predicted octanol–water partition coefficient (Wildman–Crippen LogP) is 8.80. The Morgan fingerprint density at radius 1 is 0.800 bits per heavy atom. The topological polar surface area (TPSA) is 9.23 Å². The predicted molar refractivity (Wildman–Crippen MR) is 117 cm³/mol. The van der Waals surface area contributed by atoms with Crippen molar-refractivity contribution in [2.24, 2.45) is 17.8 Å². The second-order valence-electron chi connectivity index (χ2n) is 9.53. The summed E-state index contributed by atoms with van der Waals surface area (Å²) >= 11 is 0. The van der Waals surface area contributed by atoms with Gasteiger partial charge in [0.1, 0.15) is 5.75 Å². The molecule has 2 fully saturated rings. The van der Waals surface area contributed by atoms with Gasteiger partial charge in [-0.3, -0.25) is 0 Å². The van der Waals surface area contributed by atoms with Crippen LogP contribution in [-0.2, 0) is 0 Å². The summed E-state index contributed by atoms with van der Waals surface area (Å²) in [6, 6.07) is 6.49. The first-order chi connectivity index (χ1) is 14.4. The summed E-state index contributed by atoms with van der Waals surface area (Å²) in [6.07, 6.45) is 14.5. The Balaban J connectivity index is 1.29. The smallest absolute Gasteiger partial charge is 0.406 e. The summed E-state index contributed by atoms with van der Waals surface area (Å²) in [5, 5.41) is 0. The number of halogens is 3. The van der Waals surface area contributed by atoms with Crippen LogP contribution in [-0.4, -0.2) is 6.36 Å². The Labute approximate surface area is 180 Å². The molecule has 0 bridgehead atoms. The van der Waals surface area contributed by atoms with Gasteiger partial charge in [-0.1, -0.05) is 56.7 Å². The van der Waals surface area contributed by atoms with Crippen molar-refractivity contribution in [2.45, 2.75) is 95.8 Å². The van der Waals surface area contributed by atoms with Crippen LogP contribution >= 0.6 is 0 Å². The van der Waals surface area contributed by atoms with Crippen molar-refractivity contribution in [3.05, 3.63) is 42.5 Å². The summed E-state index contributed by atoms with van der Waals surface area (Å²) in [6.45, 7) is 3.87. The highest BCUT2D eigenvalue weighted by Crippen LogP contribution is 2.39. The van der Waals surface area contributed by atoms with E-state index in [4.69, 9.17) is 0 Å². The van der Waals surface area contributed by atoms with Gasteiger partial charge in [0.15, 0.2) is 0 Å². The number of ether oxygens (including phenoxy) is 1. The molecular formula is C26H37F3O. The number of unbranched alkanes of at least 4 members (excludes halogenated alkanes) is 1. The fourth-order valence-electron chi connectivity index (χ4n) is 5.58. The number of hydrogen-bond donors (Lipinski definition) is 0. The van der Waals surface area contributed by atoms with Gasteiger partial charge in [-0.25, -0.2) is 0 Å². The summed E-state index contributed by atoms with van der Waals surface area (Å²) in [5.74, 6) is 3.02. The molecule has 0 radical (unpaired) electrons. The van der Waals surface area contributed by atoms with Crippen LogP contribution in [0.3, 0.4) is 0 Å². The molecular weight excluding hydrogens is 385 g/mol. The van der Waals surface area contributed by atoms with E-state index in [2.05, 4.69) is 17.4 Å². The maximum absolute atomic E-state index is 12.3. The van der Waals surface area contributed by atoms with Crippen molar-refractivity contribution >= 4 is 0 Å². The number of benzene rings is 1. The van der Waals surface area contributed by atoms with Crippen LogP contribution in [0.2, 0.25) is 0 Å². The quantitative estimate of drug-likeness (QED) is 0.285. The average molecular weight is 423 g/mol. The van der Waals surface area contributed by atoms with Gasteiger partial charge in [0.05, 0.1) is 0 Å². The minimum absolute atomic E-state index is 0.130. The lowest BCUT2D eigenvalue weighted by atomic mass is 9.76. The largest absolute Gasteiger partial charge is 0.573 e. The standard InChI is InChI=1S/C26H37F3O/c1-2-5-20-8-10-21(11-9-20)6-3-4-7-22-12-14-23(15-13-22)24-16-18-25(19-17-24)30-26(27,28)29/h2,16-23H,1,3-15H2. The molecule has 0 spiro atoms. The number of allylic oxidation sites excluding steroid dienone is 1. The third kappa shape index (κ3) is 7.67. The Bertz CT molecular complexity index is 621. The van der Waals surface area contributed by atoms with E-state index in [1.807, 2.05) is 0 Å². The zero-order chi connectivity index (χ0) is 21.4. The number of alkyl halides is 3. The average Bonchev–Trinajstić information content (AvgIpc) is 2.73. The van der Waals surface area contributed by atoms with Crippen LogP contribution in [0, 0.1) is 17.8 Å². The molecule has 0 atom stereocenters. The maximum atomic E-state index is 12.3. The fourth-order valence-corrected chi connectivity index (χ4v) is 5.58. The van der Waals surface area contributed by atoms with Gasteiger partial charge in [0.2, 0.25) is 0 Å². The SMILES string of the molecule is C=CCC1CCC(CCCCC2CCC(c3ccc(OC(F)(F)F)cc3)CC2)CC1. The van der Waals surface area contributed by atoms with Gasteiger partial charge in [0, 0.05) is 0 Å². The molecule has 2 aliphatic rings. The van der Waals surface area contributed by atoms with Crippen molar-refractivity contribution in [3.8, 4) is 5.75 Å². The lowest BCUT2D eigenvalue weighted by molar-refractivity contribution is -0.274. The highest BCUT2D eigenvalue weighted by atomic mass is 19.4. The first-order valence-electron chi connectivity index (χ1n) is 11.9. The molecule has 0 N–H and O–H groups in total. The molecule has 4 heteroatoms. The summed E-state index contributed by atoms with van der Waals surface area (Å²) in [7, 11) is 0. The molecule has 0 aliphatic heterocycles. The van der Waals surface area contributed by atoms with E-state index in [1.54, 1.807) is 12.1 Å². The van der Waals surface area contributed by atoms with Crippen LogP contribution in [0.4, 0.5) is 13.2 Å². The van der Waals surface area contributed by atoms with E-state index in [1.165, 1.54) is 82.8 Å². The highest BCUT2D eigenvalue weighted by Gasteiger charge is 2.31. The Kier molecular flexibility index (Phi) is 8.71. The van der Waals surface area contributed by atoms with Crippen LogP contribution in [0.5, 0.6) is 5.75 Å². The summed E-state index contributed by atoms with van der Waals surface area (Å²) in [4.78, 5) is 0. The van der Waals surface area contributed by atoms with E-state index < -0.39 is 6.36 Å². The number of rotatable bonds is 9. The first kappa shape index (κ1) is 23.2. The molecule has 0 unspecified atom stereocenters. The van der Waals surface area contributed by atoms with Crippen molar-refractivity contribution < 1.29 is 17.9 Å². The molecule has 0 saturated heterocycles. The summed E-state index contributed by atoms with van der Waals surface area (Å²) < 4.78 is 40.8. The van der Waals surface area contributed by atoms with Gasteiger partial charge in [-0.05, 0) is 86.3 Å². The Hall–Kier alpha value is -1.45. The lowest BCUT2D eigenvalue weighted by Crippen LogP contribution is -2.17. The molecule has 2 saturated carbocycles. The van der Waals surface area contributed by atoms with Crippen LogP contribution in [0.15, 0.2) is 36.9 Å². The Morgan fingerprint density at radius 2 is 1.30 bits per heavy atom. The molecule has 30 heavy (non-hydrogen) atoms. The van der Waals surface area contributed by atoms with Crippen molar-refractivity contribution in [1.82, 2.24) is 0 Å². The maximum Gasteiger partial charge on any atom is 0.573 e. The fraction of sp³-hybridized carbons (Fsp3) is 0.692. The van der Waals surface area contributed by atoms with Crippen molar-refractivity contribution in [1.29, 1.82) is 0 Å². The second-order valence-corrected chi connectivity index (χ2v) is 9.53. The minimum atomic E-state index is -4.62. The molecule has 1 aromatic rings. The van der Waals surface area contributed by atoms with Gasteiger partial charge in [-0.2, -0.15) is 0 Å². The molecule has 1 aromatic carbocycles. The molecule has 1 nitrogen and oxygen atoms in total. The van der Waals surface area contributed by atoms with Crippen LogP contribution < -0.4 is 4.74 Å². The van der Waals surface area contributed by atoms with E-state index in [-0.39, 0.29) is 5.75 Å². The molecule has 3 rings (SSSR count). The normalized spacial score (nSPS) is 27.6. The zero-order valence-corrected chi connectivity index (χ0v) is 18.1. The molecule has 2 aliphatic carbocycles. The van der Waals surface area contributed by atoms with Crippen molar-refractivity contribution in [3.63, 3.8) is 0 Å². The summed E-state index contributed by atoms with van der Waals surface area (Å²) in [5.41, 5.74) is 1.15. The third-order valence-corrected chi connectivity index (χ3v) is 7.37. The first-order valence-corrected chi connectivity index (χ1v) is 11.9. The Morgan fingerprint density at radius 3 is 1.80 bits per heavy atom. The van der Waals surface area contributed by atoms with E-state index in [0.717, 1.165) is 36.2 Å². The van der Waals surface area contributed by atoms with Crippen LogP contribution in [0.1, 0.15) is 95.0 Å². The lowest BCUT2D eigenvalue weighted by Gasteiger charge is -2.30. The third-order valence-electron chi connectivity index (χ3n) is 7.37. The zero-order valence-electron chi connectivity index (χ0n) is 18.1. The van der Waals surface area contributed by atoms with Gasteiger partial charge < -0.3 is 4.74 Å². The molecule has 0 heterocycles. The van der Waals surface area contributed by atoms with E-state index in [9.17, 15) is 13.2 Å². The van der Waals surface area contributed by atoms with Crippen LogP contribution in [0.25, 0.3) is 0 Å². The second kappa shape index (κ2) is 11.2. The van der Waals surface area contributed by atoms with Gasteiger partial charge in [0.25, 0.3) is 0 Å². The molecule has 0 aromatic heterocycles. The van der Waals surface area contributed by atoms with Crippen molar-refractivity contribution in [2.75, 3.05) is 0 Å². The molecule has 168 valence electrons.